The molecule has 7 nitrogen and oxygen atoms in total. The minimum absolute atomic E-state index is 0.0730. The fraction of sp³-hybridized carbons (Fsp3) is 0.444. The zero-order chi connectivity index (χ0) is 19.3. The van der Waals surface area contributed by atoms with Crippen molar-refractivity contribution < 1.29 is 14.0 Å². The van der Waals surface area contributed by atoms with Crippen LogP contribution in [0.2, 0.25) is 0 Å². The van der Waals surface area contributed by atoms with Gasteiger partial charge in [0.1, 0.15) is 17.9 Å². The molecule has 9 heteroatoms. The predicted molar refractivity (Wildman–Crippen MR) is 101 cm³/mol. The molecule has 0 saturated heterocycles. The molecular formula is C18H20FN5O2S. The molecule has 0 bridgehead atoms. The molecule has 2 aromatic rings. The fourth-order valence-corrected chi connectivity index (χ4v) is 4.91. The number of carbonyl (C=O) groups is 2. The quantitative estimate of drug-likeness (QED) is 0.784. The summed E-state index contributed by atoms with van der Waals surface area (Å²) in [6, 6.07) is 0. The summed E-state index contributed by atoms with van der Waals surface area (Å²) >= 11 is 1.43. The van der Waals surface area contributed by atoms with Gasteiger partial charge in [-0.05, 0) is 18.4 Å². The summed E-state index contributed by atoms with van der Waals surface area (Å²) in [5.74, 6) is -0.335. The number of rotatable bonds is 2. The molecule has 2 amide bonds. The van der Waals surface area contributed by atoms with Crippen molar-refractivity contribution in [2.75, 3.05) is 37.0 Å². The van der Waals surface area contributed by atoms with Crippen molar-refractivity contribution in [2.24, 2.45) is 0 Å². The number of aromatic nitrogens is 2. The zero-order valence-corrected chi connectivity index (χ0v) is 16.3. The smallest absolute Gasteiger partial charge is 0.257 e. The summed E-state index contributed by atoms with van der Waals surface area (Å²) < 4.78 is 14.7. The number of nitrogens with zero attached hydrogens (tertiary/aromatic N) is 5. The molecule has 0 saturated carbocycles. The number of anilines is 2. The Labute approximate surface area is 160 Å². The average molecular weight is 389 g/mol. The lowest BCUT2D eigenvalue weighted by Gasteiger charge is -2.29. The van der Waals surface area contributed by atoms with Crippen LogP contribution in [0.1, 0.15) is 33.4 Å². The van der Waals surface area contributed by atoms with Crippen LogP contribution in [0.5, 0.6) is 0 Å². The maximum Gasteiger partial charge on any atom is 0.257 e. The molecule has 0 N–H and O–H groups in total. The van der Waals surface area contributed by atoms with Gasteiger partial charge in [0.15, 0.2) is 11.6 Å². The minimum atomic E-state index is -0.385. The van der Waals surface area contributed by atoms with Crippen LogP contribution in [-0.2, 0) is 24.2 Å². The van der Waals surface area contributed by atoms with Gasteiger partial charge in [0.25, 0.3) is 5.91 Å². The summed E-state index contributed by atoms with van der Waals surface area (Å²) in [5.41, 5.74) is 1.98. The van der Waals surface area contributed by atoms with E-state index < -0.39 is 0 Å². The highest BCUT2D eigenvalue weighted by atomic mass is 32.1. The number of hydrogen-bond acceptors (Lipinski definition) is 6. The topological polar surface area (TPSA) is 69.6 Å². The molecule has 0 aromatic carbocycles. The van der Waals surface area contributed by atoms with E-state index in [0.717, 1.165) is 10.4 Å². The van der Waals surface area contributed by atoms with E-state index >= 15 is 0 Å². The normalized spacial score (nSPS) is 17.1. The molecule has 0 spiro atoms. The first-order valence-electron chi connectivity index (χ1n) is 8.83. The van der Waals surface area contributed by atoms with Gasteiger partial charge in [-0.2, -0.15) is 0 Å². The molecule has 0 atom stereocenters. The van der Waals surface area contributed by atoms with E-state index in [9.17, 15) is 14.0 Å². The van der Waals surface area contributed by atoms with Crippen LogP contribution in [0, 0.1) is 5.82 Å². The highest BCUT2D eigenvalue weighted by molar-refractivity contribution is 7.17. The largest absolute Gasteiger partial charge is 0.349 e. The zero-order valence-electron chi connectivity index (χ0n) is 15.5. The molecule has 4 rings (SSSR count). The number of halogens is 1. The van der Waals surface area contributed by atoms with Crippen LogP contribution in [0.25, 0.3) is 0 Å². The molecule has 0 fully saturated rings. The number of fused-ring (bicyclic) bond motifs is 3. The number of aryl methyl sites for hydroxylation is 1. The van der Waals surface area contributed by atoms with Gasteiger partial charge in [0, 0.05) is 25.5 Å². The molecule has 0 aliphatic carbocycles. The van der Waals surface area contributed by atoms with Gasteiger partial charge in [-0.3, -0.25) is 9.59 Å². The summed E-state index contributed by atoms with van der Waals surface area (Å²) in [6.45, 7) is 2.95. The number of hydrogen-bond donors (Lipinski definition) is 0. The highest BCUT2D eigenvalue weighted by Crippen LogP contribution is 2.41. The lowest BCUT2D eigenvalue weighted by Crippen LogP contribution is -2.36. The van der Waals surface area contributed by atoms with Crippen LogP contribution in [0.15, 0.2) is 6.33 Å². The fourth-order valence-electron chi connectivity index (χ4n) is 3.57. The Morgan fingerprint density at radius 3 is 2.74 bits per heavy atom. The second-order valence-corrected chi connectivity index (χ2v) is 7.86. The van der Waals surface area contributed by atoms with Crippen molar-refractivity contribution in [3.05, 3.63) is 33.8 Å². The molecule has 2 aromatic heterocycles. The van der Waals surface area contributed by atoms with E-state index in [0.29, 0.717) is 48.0 Å². The Bertz CT molecular complexity index is 944. The molecule has 0 unspecified atom stereocenters. The van der Waals surface area contributed by atoms with Gasteiger partial charge >= 0.3 is 0 Å². The second-order valence-electron chi connectivity index (χ2n) is 6.78. The van der Waals surface area contributed by atoms with Gasteiger partial charge in [0.2, 0.25) is 5.91 Å². The molecular weight excluding hydrogens is 369 g/mol. The first kappa shape index (κ1) is 17.8. The molecule has 142 valence electrons. The van der Waals surface area contributed by atoms with Crippen LogP contribution in [0.3, 0.4) is 0 Å². The third-order valence-electron chi connectivity index (χ3n) is 5.13. The average Bonchev–Trinajstić information content (AvgIpc) is 3.01. The number of carbonyl (C=O) groups excluding carboxylic acids is 2. The van der Waals surface area contributed by atoms with Gasteiger partial charge in [-0.25, -0.2) is 14.4 Å². The van der Waals surface area contributed by atoms with Crippen LogP contribution in [0.4, 0.5) is 15.2 Å². The van der Waals surface area contributed by atoms with Crippen LogP contribution in [-0.4, -0.2) is 53.9 Å². The van der Waals surface area contributed by atoms with Gasteiger partial charge in [-0.15, -0.1) is 11.3 Å². The molecule has 4 heterocycles. The third-order valence-corrected chi connectivity index (χ3v) is 6.42. The van der Waals surface area contributed by atoms with Crippen LogP contribution < -0.4 is 9.80 Å². The Hall–Kier alpha value is -2.55. The molecule has 27 heavy (non-hydrogen) atoms. The van der Waals surface area contributed by atoms with Crippen molar-refractivity contribution in [1.29, 1.82) is 0 Å². The Morgan fingerprint density at radius 2 is 2.00 bits per heavy atom. The van der Waals surface area contributed by atoms with Gasteiger partial charge in [0.05, 0.1) is 17.8 Å². The number of thiophene rings is 1. The van der Waals surface area contributed by atoms with Crippen molar-refractivity contribution in [3.63, 3.8) is 0 Å². The Balaban J connectivity index is 1.74. The minimum Gasteiger partial charge on any atom is -0.349 e. The molecule has 0 radical (unpaired) electrons. The van der Waals surface area contributed by atoms with E-state index in [1.165, 1.54) is 22.6 Å². The lowest BCUT2D eigenvalue weighted by atomic mass is 10.0. The highest BCUT2D eigenvalue weighted by Gasteiger charge is 2.36. The standard InChI is InChI=1S/C18H20FN5O2S/c1-4-11-15(19)16(21-9-20-11)24-6-5-10-12(7-24)27-18-14(10)17(26)22(2)8-13(25)23(18)3/h9H,4-8H2,1-3H3. The molecule has 2 aliphatic rings. The van der Waals surface area contributed by atoms with Gasteiger partial charge in [-0.1, -0.05) is 6.92 Å². The van der Waals surface area contributed by atoms with E-state index in [1.807, 2.05) is 11.8 Å². The number of amides is 2. The Kier molecular flexibility index (Phi) is 4.33. The summed E-state index contributed by atoms with van der Waals surface area (Å²) in [5, 5.41) is 0.679. The van der Waals surface area contributed by atoms with Crippen molar-refractivity contribution >= 4 is 34.0 Å². The number of likely N-dealkylation sites (N-methyl/N-ethyl adjacent to an activating group) is 2. The third kappa shape index (κ3) is 2.77. The SMILES string of the molecule is CCc1ncnc(N2CCc3c(sc4c3C(=O)N(C)CC(=O)N4C)C2)c1F. The van der Waals surface area contributed by atoms with E-state index in [1.54, 1.807) is 19.0 Å². The summed E-state index contributed by atoms with van der Waals surface area (Å²) in [4.78, 5) is 39.1. The van der Waals surface area contributed by atoms with Crippen LogP contribution >= 0.6 is 11.3 Å². The lowest BCUT2D eigenvalue weighted by molar-refractivity contribution is -0.118. The first-order chi connectivity index (χ1) is 12.9. The van der Waals surface area contributed by atoms with E-state index in [4.69, 9.17) is 0 Å². The van der Waals surface area contributed by atoms with Crippen molar-refractivity contribution in [1.82, 2.24) is 14.9 Å². The first-order valence-corrected chi connectivity index (χ1v) is 9.64. The summed E-state index contributed by atoms with van der Waals surface area (Å²) in [6.07, 6.45) is 2.50. The monoisotopic (exact) mass is 389 g/mol. The van der Waals surface area contributed by atoms with Crippen molar-refractivity contribution in [2.45, 2.75) is 26.3 Å². The van der Waals surface area contributed by atoms with Crippen molar-refractivity contribution in [3.8, 4) is 0 Å². The van der Waals surface area contributed by atoms with E-state index in [-0.39, 0.29) is 24.2 Å². The molecule has 2 aliphatic heterocycles. The maximum atomic E-state index is 14.7. The second kappa shape index (κ2) is 6.56. The predicted octanol–water partition coefficient (Wildman–Crippen LogP) is 1.85. The van der Waals surface area contributed by atoms with Gasteiger partial charge < -0.3 is 14.7 Å². The van der Waals surface area contributed by atoms with E-state index in [2.05, 4.69) is 9.97 Å². The maximum absolute atomic E-state index is 14.7. The summed E-state index contributed by atoms with van der Waals surface area (Å²) in [7, 11) is 3.34. The Morgan fingerprint density at radius 1 is 1.22 bits per heavy atom.